The van der Waals surface area contributed by atoms with Crippen molar-refractivity contribution in [2.75, 3.05) is 5.32 Å². The largest absolute Gasteiger partial charge is 0.464 e. The Morgan fingerprint density at radius 2 is 1.55 bits per heavy atom. The molecule has 0 amide bonds. The van der Waals surface area contributed by atoms with Crippen molar-refractivity contribution < 1.29 is 4.74 Å². The minimum atomic E-state index is 0.0492. The average Bonchev–Trinajstić information content (AvgIpc) is 2.37. The van der Waals surface area contributed by atoms with Gasteiger partial charge in [0.15, 0.2) is 0 Å². The Balaban J connectivity index is 1.45. The topological polar surface area (TPSA) is 21.3 Å². The predicted octanol–water partition coefficient (Wildman–Crippen LogP) is 4.37. The van der Waals surface area contributed by atoms with Crippen LogP contribution in [0, 0.1) is 17.8 Å². The van der Waals surface area contributed by atoms with Crippen molar-refractivity contribution in [1.82, 2.24) is 0 Å². The van der Waals surface area contributed by atoms with Crippen LogP contribution in [0.25, 0.3) is 0 Å². The van der Waals surface area contributed by atoms with Gasteiger partial charge < -0.3 is 10.1 Å². The van der Waals surface area contributed by atoms with E-state index in [4.69, 9.17) is 17.0 Å². The summed E-state index contributed by atoms with van der Waals surface area (Å²) in [5.74, 6) is 2.67. The van der Waals surface area contributed by atoms with Crippen molar-refractivity contribution in [2.45, 2.75) is 44.1 Å². The van der Waals surface area contributed by atoms with Gasteiger partial charge in [-0.1, -0.05) is 18.2 Å². The fraction of sp³-hybridized carbons (Fsp3) is 0.588. The fourth-order valence-electron chi connectivity index (χ4n) is 5.02. The minimum absolute atomic E-state index is 0.0492. The maximum Gasteiger partial charge on any atom is 0.261 e. The molecule has 0 spiro atoms. The first-order valence-corrected chi connectivity index (χ1v) is 8.17. The van der Waals surface area contributed by atoms with Crippen molar-refractivity contribution in [1.29, 1.82) is 0 Å². The highest BCUT2D eigenvalue weighted by Crippen LogP contribution is 2.57. The molecule has 0 saturated heterocycles. The molecular formula is C17H21NOS. The molecule has 106 valence electrons. The number of nitrogens with one attached hydrogen (secondary N) is 1. The molecule has 0 radical (unpaired) electrons. The third-order valence-electron chi connectivity index (χ3n) is 5.31. The van der Waals surface area contributed by atoms with Crippen LogP contribution in [-0.2, 0) is 4.74 Å². The van der Waals surface area contributed by atoms with Crippen LogP contribution in [-0.4, -0.2) is 10.8 Å². The van der Waals surface area contributed by atoms with Crippen LogP contribution in [0.15, 0.2) is 30.3 Å². The normalized spacial score (nSPS) is 37.7. The Kier molecular flexibility index (Phi) is 2.99. The molecule has 4 fully saturated rings. The lowest BCUT2D eigenvalue weighted by atomic mass is 9.54. The number of rotatable bonds is 2. The van der Waals surface area contributed by atoms with E-state index >= 15 is 0 Å². The molecule has 4 bridgehead atoms. The summed E-state index contributed by atoms with van der Waals surface area (Å²) in [6, 6.07) is 10.1. The average molecular weight is 287 g/mol. The highest BCUT2D eigenvalue weighted by Gasteiger charge is 2.52. The van der Waals surface area contributed by atoms with Crippen LogP contribution < -0.4 is 5.32 Å². The lowest BCUT2D eigenvalue weighted by molar-refractivity contribution is -0.113. The Labute approximate surface area is 125 Å². The smallest absolute Gasteiger partial charge is 0.261 e. The Hall–Kier alpha value is -1.09. The zero-order valence-electron chi connectivity index (χ0n) is 11.7. The maximum atomic E-state index is 6.27. The summed E-state index contributed by atoms with van der Waals surface area (Å²) in [5.41, 5.74) is 1.07. The van der Waals surface area contributed by atoms with Gasteiger partial charge in [-0.25, -0.2) is 0 Å². The quantitative estimate of drug-likeness (QED) is 0.816. The molecule has 1 aromatic carbocycles. The van der Waals surface area contributed by atoms with Gasteiger partial charge in [0.05, 0.1) is 0 Å². The molecule has 5 rings (SSSR count). The van der Waals surface area contributed by atoms with Gasteiger partial charge in [0.25, 0.3) is 5.17 Å². The number of hydrogen-bond acceptors (Lipinski definition) is 2. The number of ether oxygens (including phenoxy) is 1. The highest BCUT2D eigenvalue weighted by molar-refractivity contribution is 7.80. The second-order valence-electron chi connectivity index (χ2n) is 6.98. The van der Waals surface area contributed by atoms with E-state index in [-0.39, 0.29) is 5.60 Å². The molecule has 1 aromatic rings. The predicted molar refractivity (Wildman–Crippen MR) is 84.7 cm³/mol. The van der Waals surface area contributed by atoms with E-state index in [0.29, 0.717) is 5.17 Å². The molecule has 4 aliphatic carbocycles. The van der Waals surface area contributed by atoms with E-state index in [1.165, 1.54) is 38.5 Å². The van der Waals surface area contributed by atoms with Gasteiger partial charge in [-0.2, -0.15) is 0 Å². The number of thiocarbonyl (C=S) groups is 1. The van der Waals surface area contributed by atoms with Gasteiger partial charge in [-0.15, -0.1) is 0 Å². The van der Waals surface area contributed by atoms with Crippen molar-refractivity contribution in [3.63, 3.8) is 0 Å². The summed E-state index contributed by atoms with van der Waals surface area (Å²) in [7, 11) is 0. The zero-order valence-corrected chi connectivity index (χ0v) is 12.5. The standard InChI is InChI=1S/C17H21NOS/c20-16(18-15-4-2-1-3-5-15)19-17-9-12-6-13(10-17)8-14(7-12)11-17/h1-5,12-14H,6-11H2,(H,18,20). The molecule has 0 aromatic heterocycles. The molecule has 0 atom stereocenters. The first-order valence-electron chi connectivity index (χ1n) is 7.76. The summed E-state index contributed by atoms with van der Waals surface area (Å²) in [5, 5.41) is 3.78. The molecule has 3 heteroatoms. The number of para-hydroxylation sites is 1. The van der Waals surface area contributed by atoms with Crippen LogP contribution in [0.4, 0.5) is 5.69 Å². The molecule has 4 aliphatic rings. The number of benzene rings is 1. The van der Waals surface area contributed by atoms with Crippen LogP contribution in [0.5, 0.6) is 0 Å². The van der Waals surface area contributed by atoms with Gasteiger partial charge in [0.1, 0.15) is 5.60 Å². The van der Waals surface area contributed by atoms with Crippen molar-refractivity contribution in [2.24, 2.45) is 17.8 Å². The SMILES string of the molecule is S=C(Nc1ccccc1)OC12CC3CC(CC(C3)C1)C2. The lowest BCUT2D eigenvalue weighted by Crippen LogP contribution is -2.53. The fourth-order valence-corrected chi connectivity index (χ4v) is 5.31. The number of hydrogen-bond donors (Lipinski definition) is 1. The molecule has 0 unspecified atom stereocenters. The Bertz CT molecular complexity index is 478. The Morgan fingerprint density at radius 1 is 1.00 bits per heavy atom. The lowest BCUT2D eigenvalue weighted by Gasteiger charge is -2.56. The van der Waals surface area contributed by atoms with E-state index < -0.39 is 0 Å². The van der Waals surface area contributed by atoms with Gasteiger partial charge in [0, 0.05) is 5.69 Å². The first kappa shape index (κ1) is 12.6. The highest BCUT2D eigenvalue weighted by atomic mass is 32.1. The molecular weight excluding hydrogens is 266 g/mol. The van der Waals surface area contributed by atoms with Crippen LogP contribution in [0.3, 0.4) is 0 Å². The maximum absolute atomic E-state index is 6.27. The molecule has 1 N–H and O–H groups in total. The monoisotopic (exact) mass is 287 g/mol. The van der Waals surface area contributed by atoms with E-state index in [1.807, 2.05) is 30.3 Å². The molecule has 4 saturated carbocycles. The third kappa shape index (κ3) is 2.32. The van der Waals surface area contributed by atoms with Gasteiger partial charge in [-0.05, 0) is 80.6 Å². The molecule has 0 aliphatic heterocycles. The minimum Gasteiger partial charge on any atom is -0.464 e. The summed E-state index contributed by atoms with van der Waals surface area (Å²) < 4.78 is 6.27. The molecule has 2 nitrogen and oxygen atoms in total. The molecule has 0 heterocycles. The Morgan fingerprint density at radius 3 is 2.10 bits per heavy atom. The van der Waals surface area contributed by atoms with Crippen molar-refractivity contribution in [3.8, 4) is 0 Å². The summed E-state index contributed by atoms with van der Waals surface area (Å²) >= 11 is 5.44. The van der Waals surface area contributed by atoms with E-state index in [2.05, 4.69) is 5.32 Å². The summed E-state index contributed by atoms with van der Waals surface area (Å²) in [6.45, 7) is 0. The second kappa shape index (κ2) is 4.73. The summed E-state index contributed by atoms with van der Waals surface area (Å²) in [4.78, 5) is 0. The van der Waals surface area contributed by atoms with Gasteiger partial charge >= 0.3 is 0 Å². The van der Waals surface area contributed by atoms with Gasteiger partial charge in [0.2, 0.25) is 0 Å². The third-order valence-corrected chi connectivity index (χ3v) is 5.50. The van der Waals surface area contributed by atoms with E-state index in [0.717, 1.165) is 23.4 Å². The molecule has 20 heavy (non-hydrogen) atoms. The van der Waals surface area contributed by atoms with Crippen molar-refractivity contribution >= 4 is 23.1 Å². The van der Waals surface area contributed by atoms with Crippen LogP contribution >= 0.6 is 12.2 Å². The first-order chi connectivity index (χ1) is 9.71. The number of anilines is 1. The zero-order chi connectivity index (χ0) is 13.6. The van der Waals surface area contributed by atoms with E-state index in [9.17, 15) is 0 Å². The van der Waals surface area contributed by atoms with Gasteiger partial charge in [-0.3, -0.25) is 0 Å². The van der Waals surface area contributed by atoms with E-state index in [1.54, 1.807) is 0 Å². The van der Waals surface area contributed by atoms with Crippen LogP contribution in [0.1, 0.15) is 38.5 Å². The second-order valence-corrected chi connectivity index (χ2v) is 7.35. The van der Waals surface area contributed by atoms with Crippen molar-refractivity contribution in [3.05, 3.63) is 30.3 Å². The van der Waals surface area contributed by atoms with Crippen LogP contribution in [0.2, 0.25) is 0 Å². The summed E-state index contributed by atoms with van der Waals surface area (Å²) in [6.07, 6.45) is 7.95.